The number of nitrogens with two attached hydrogens (primary N) is 1. The molecule has 0 aliphatic carbocycles. The fourth-order valence-electron chi connectivity index (χ4n) is 2.27. The van der Waals surface area contributed by atoms with E-state index in [1.54, 1.807) is 6.07 Å². The lowest BCUT2D eigenvalue weighted by molar-refractivity contribution is -0.116. The van der Waals surface area contributed by atoms with Crippen LogP contribution in [0.15, 0.2) is 18.2 Å². The highest BCUT2D eigenvalue weighted by Crippen LogP contribution is 2.27. The standard InChI is InChI=1S/C15H22N2O3/c1-9(2)15(16)13(8-18)20-11-4-5-12-10(7-11)3-6-14(19)17-12/h4-5,7,9,13,15,18H,3,6,8,16H2,1-2H3,(H,17,19). The number of hydrogen-bond donors (Lipinski definition) is 3. The molecule has 2 unspecified atom stereocenters. The van der Waals surface area contributed by atoms with Crippen LogP contribution in [-0.2, 0) is 11.2 Å². The van der Waals surface area contributed by atoms with Crippen LogP contribution >= 0.6 is 0 Å². The van der Waals surface area contributed by atoms with Gasteiger partial charge in [0.2, 0.25) is 5.91 Å². The van der Waals surface area contributed by atoms with E-state index in [0.717, 1.165) is 11.3 Å². The van der Waals surface area contributed by atoms with Crippen molar-refractivity contribution in [1.29, 1.82) is 0 Å². The number of aryl methyl sites for hydroxylation is 1. The SMILES string of the molecule is CC(C)C(N)C(CO)Oc1ccc2c(c1)CCC(=O)N2. The molecule has 5 heteroatoms. The number of aliphatic hydroxyl groups excluding tert-OH is 1. The van der Waals surface area contributed by atoms with Gasteiger partial charge in [-0.1, -0.05) is 13.8 Å². The minimum atomic E-state index is -0.425. The third-order valence-corrected chi connectivity index (χ3v) is 3.64. The Bertz CT molecular complexity index is 488. The molecule has 1 aromatic carbocycles. The number of carbonyl (C=O) groups is 1. The fraction of sp³-hybridized carbons (Fsp3) is 0.533. The van der Waals surface area contributed by atoms with Crippen molar-refractivity contribution in [3.8, 4) is 5.75 Å². The molecule has 1 heterocycles. The second-order valence-electron chi connectivity index (χ2n) is 5.53. The molecule has 1 amide bonds. The summed E-state index contributed by atoms with van der Waals surface area (Å²) < 4.78 is 5.79. The van der Waals surface area contributed by atoms with Crippen LogP contribution in [0.4, 0.5) is 5.69 Å². The van der Waals surface area contributed by atoms with E-state index in [0.29, 0.717) is 18.6 Å². The predicted molar refractivity (Wildman–Crippen MR) is 77.7 cm³/mol. The highest BCUT2D eigenvalue weighted by molar-refractivity contribution is 5.93. The van der Waals surface area contributed by atoms with E-state index in [1.165, 1.54) is 0 Å². The van der Waals surface area contributed by atoms with E-state index in [2.05, 4.69) is 5.32 Å². The smallest absolute Gasteiger partial charge is 0.224 e. The van der Waals surface area contributed by atoms with Gasteiger partial charge in [-0.25, -0.2) is 0 Å². The van der Waals surface area contributed by atoms with Crippen LogP contribution in [-0.4, -0.2) is 29.8 Å². The van der Waals surface area contributed by atoms with E-state index in [4.69, 9.17) is 10.5 Å². The van der Waals surface area contributed by atoms with Crippen LogP contribution in [0.2, 0.25) is 0 Å². The largest absolute Gasteiger partial charge is 0.486 e. The number of rotatable bonds is 5. The molecule has 0 bridgehead atoms. The zero-order valence-corrected chi connectivity index (χ0v) is 11.9. The van der Waals surface area contributed by atoms with Gasteiger partial charge in [0.05, 0.1) is 6.61 Å². The molecular weight excluding hydrogens is 256 g/mol. The number of ether oxygens (including phenoxy) is 1. The molecule has 2 atom stereocenters. The van der Waals surface area contributed by atoms with Crippen molar-refractivity contribution in [1.82, 2.24) is 0 Å². The van der Waals surface area contributed by atoms with Gasteiger partial charge < -0.3 is 20.9 Å². The third-order valence-electron chi connectivity index (χ3n) is 3.64. The van der Waals surface area contributed by atoms with Crippen LogP contribution in [0.3, 0.4) is 0 Å². The number of aliphatic hydroxyl groups is 1. The summed E-state index contributed by atoms with van der Waals surface area (Å²) in [5, 5.41) is 12.2. The summed E-state index contributed by atoms with van der Waals surface area (Å²) in [4.78, 5) is 11.3. The van der Waals surface area contributed by atoms with Crippen LogP contribution < -0.4 is 15.8 Å². The normalized spacial score (nSPS) is 17.4. The first kappa shape index (κ1) is 14.8. The molecular formula is C15H22N2O3. The Morgan fingerprint density at radius 2 is 2.15 bits per heavy atom. The van der Waals surface area contributed by atoms with Gasteiger partial charge in [0.25, 0.3) is 0 Å². The highest BCUT2D eigenvalue weighted by Gasteiger charge is 2.22. The lowest BCUT2D eigenvalue weighted by atomic mass is 9.99. The number of hydrogen-bond acceptors (Lipinski definition) is 4. The molecule has 4 N–H and O–H groups in total. The average Bonchev–Trinajstić information content (AvgIpc) is 2.43. The van der Waals surface area contributed by atoms with Crippen LogP contribution in [0.5, 0.6) is 5.75 Å². The number of amides is 1. The Balaban J connectivity index is 2.11. The summed E-state index contributed by atoms with van der Waals surface area (Å²) in [6, 6.07) is 5.30. The molecule has 0 saturated carbocycles. The zero-order valence-electron chi connectivity index (χ0n) is 11.9. The Morgan fingerprint density at radius 1 is 1.40 bits per heavy atom. The van der Waals surface area contributed by atoms with Crippen molar-refractivity contribution in [3.63, 3.8) is 0 Å². The predicted octanol–water partition coefficient (Wildman–Crippen LogP) is 1.29. The van der Waals surface area contributed by atoms with Gasteiger partial charge in [-0.3, -0.25) is 4.79 Å². The van der Waals surface area contributed by atoms with Gasteiger partial charge in [-0.2, -0.15) is 0 Å². The molecule has 0 spiro atoms. The van der Waals surface area contributed by atoms with E-state index < -0.39 is 6.10 Å². The van der Waals surface area contributed by atoms with Gasteiger partial charge in [0.15, 0.2) is 0 Å². The minimum Gasteiger partial charge on any atom is -0.486 e. The van der Waals surface area contributed by atoms with Gasteiger partial charge >= 0.3 is 0 Å². The molecule has 20 heavy (non-hydrogen) atoms. The van der Waals surface area contributed by atoms with E-state index in [9.17, 15) is 9.90 Å². The van der Waals surface area contributed by atoms with Crippen LogP contribution in [0.1, 0.15) is 25.8 Å². The van der Waals surface area contributed by atoms with Crippen molar-refractivity contribution in [2.75, 3.05) is 11.9 Å². The quantitative estimate of drug-likeness (QED) is 0.758. The first-order valence-electron chi connectivity index (χ1n) is 6.97. The molecule has 1 aliphatic rings. The second kappa shape index (κ2) is 6.24. The third kappa shape index (κ3) is 3.29. The summed E-state index contributed by atoms with van der Waals surface area (Å²) in [7, 11) is 0. The first-order valence-corrected chi connectivity index (χ1v) is 6.97. The summed E-state index contributed by atoms with van der Waals surface area (Å²) in [6.07, 6.45) is 0.773. The average molecular weight is 278 g/mol. The molecule has 0 saturated heterocycles. The van der Waals surface area contributed by atoms with Crippen molar-refractivity contribution >= 4 is 11.6 Å². The summed E-state index contributed by atoms with van der Waals surface area (Å²) in [5.74, 6) is 0.945. The monoisotopic (exact) mass is 278 g/mol. The van der Waals surface area contributed by atoms with Crippen LogP contribution in [0.25, 0.3) is 0 Å². The molecule has 1 aliphatic heterocycles. The number of nitrogens with one attached hydrogen (secondary N) is 1. The summed E-state index contributed by atoms with van der Waals surface area (Å²) in [6.45, 7) is 3.88. The Kier molecular flexibility index (Phi) is 4.62. The number of carbonyl (C=O) groups excluding carboxylic acids is 1. The second-order valence-corrected chi connectivity index (χ2v) is 5.53. The van der Waals surface area contributed by atoms with Gasteiger partial charge in [0, 0.05) is 18.2 Å². The molecule has 0 radical (unpaired) electrons. The number of benzene rings is 1. The maximum absolute atomic E-state index is 11.3. The van der Waals surface area contributed by atoms with Crippen molar-refractivity contribution in [2.45, 2.75) is 38.8 Å². The van der Waals surface area contributed by atoms with E-state index >= 15 is 0 Å². The van der Waals surface area contributed by atoms with Crippen molar-refractivity contribution < 1.29 is 14.6 Å². The zero-order chi connectivity index (χ0) is 14.7. The molecule has 2 rings (SSSR count). The van der Waals surface area contributed by atoms with E-state index in [-0.39, 0.29) is 24.5 Å². The van der Waals surface area contributed by atoms with E-state index in [1.807, 2.05) is 26.0 Å². The molecule has 1 aromatic rings. The fourth-order valence-corrected chi connectivity index (χ4v) is 2.27. The van der Waals surface area contributed by atoms with Crippen LogP contribution in [0, 0.1) is 5.92 Å². The number of anilines is 1. The number of fused-ring (bicyclic) bond motifs is 1. The van der Waals surface area contributed by atoms with Gasteiger partial charge in [0.1, 0.15) is 11.9 Å². The Morgan fingerprint density at radius 3 is 2.80 bits per heavy atom. The van der Waals surface area contributed by atoms with Gasteiger partial charge in [-0.05, 0) is 36.1 Å². The molecule has 0 aromatic heterocycles. The maximum atomic E-state index is 11.3. The lowest BCUT2D eigenvalue weighted by Gasteiger charge is -2.27. The van der Waals surface area contributed by atoms with Gasteiger partial charge in [-0.15, -0.1) is 0 Å². The Hall–Kier alpha value is -1.59. The molecule has 0 fully saturated rings. The Labute approximate surface area is 119 Å². The molecule has 5 nitrogen and oxygen atoms in total. The lowest BCUT2D eigenvalue weighted by Crippen LogP contribution is -2.45. The summed E-state index contributed by atoms with van der Waals surface area (Å²) in [5.41, 5.74) is 7.92. The van der Waals surface area contributed by atoms with Crippen molar-refractivity contribution in [2.24, 2.45) is 11.7 Å². The molecule has 110 valence electrons. The topological polar surface area (TPSA) is 84.6 Å². The maximum Gasteiger partial charge on any atom is 0.224 e. The highest BCUT2D eigenvalue weighted by atomic mass is 16.5. The summed E-state index contributed by atoms with van der Waals surface area (Å²) >= 11 is 0. The minimum absolute atomic E-state index is 0.0428. The first-order chi connectivity index (χ1) is 9.51. The van der Waals surface area contributed by atoms with Crippen molar-refractivity contribution in [3.05, 3.63) is 23.8 Å².